The number of hydrogen-bond donors (Lipinski definition) is 1. The number of nitrogen functional groups attached to an aromatic ring is 1. The molecule has 0 amide bonds. The molecule has 4 heteroatoms. The average Bonchev–Trinajstić information content (AvgIpc) is 2.53. The first-order valence-corrected chi connectivity index (χ1v) is 8.60. The van der Waals surface area contributed by atoms with E-state index in [0.29, 0.717) is 10.7 Å². The molecule has 2 N–H and O–H groups in total. The second-order valence-electron chi connectivity index (χ2n) is 6.46. The first kappa shape index (κ1) is 15.1. The van der Waals surface area contributed by atoms with Gasteiger partial charge in [0.1, 0.15) is 0 Å². The summed E-state index contributed by atoms with van der Waals surface area (Å²) < 4.78 is 0. The number of rotatable bonds is 3. The van der Waals surface area contributed by atoms with Crippen molar-refractivity contribution in [2.24, 2.45) is 0 Å². The summed E-state index contributed by atoms with van der Waals surface area (Å²) in [6.07, 6.45) is 6.83. The number of nitrogens with zero attached hydrogens (tertiary/aromatic N) is 2. The Labute approximate surface area is 133 Å². The molecule has 2 fully saturated rings. The van der Waals surface area contributed by atoms with E-state index in [1.54, 1.807) is 0 Å². The third kappa shape index (κ3) is 3.91. The van der Waals surface area contributed by atoms with Gasteiger partial charge >= 0.3 is 0 Å². The predicted octanol–water partition coefficient (Wildman–Crippen LogP) is 3.37. The van der Waals surface area contributed by atoms with Crippen molar-refractivity contribution >= 4 is 17.3 Å². The van der Waals surface area contributed by atoms with Crippen molar-refractivity contribution in [1.82, 2.24) is 9.80 Å². The summed E-state index contributed by atoms with van der Waals surface area (Å²) in [5.74, 6) is 0. The third-order valence-corrected chi connectivity index (χ3v) is 5.27. The molecule has 0 bridgehead atoms. The van der Waals surface area contributed by atoms with Gasteiger partial charge in [-0.15, -0.1) is 0 Å². The van der Waals surface area contributed by atoms with Gasteiger partial charge in [0, 0.05) is 12.6 Å². The largest absolute Gasteiger partial charge is 0.398 e. The molecule has 0 aliphatic carbocycles. The molecule has 0 unspecified atom stereocenters. The Morgan fingerprint density at radius 2 is 1.76 bits per heavy atom. The lowest BCUT2D eigenvalue weighted by Crippen LogP contribution is -2.46. The van der Waals surface area contributed by atoms with Gasteiger partial charge in [0.2, 0.25) is 0 Å². The molecule has 0 radical (unpaired) electrons. The second-order valence-corrected chi connectivity index (χ2v) is 6.87. The maximum atomic E-state index is 5.98. The molecule has 0 aromatic heterocycles. The molecule has 3 nitrogen and oxygen atoms in total. The van der Waals surface area contributed by atoms with Crippen molar-refractivity contribution in [1.29, 1.82) is 0 Å². The molecule has 0 saturated carbocycles. The zero-order valence-corrected chi connectivity index (χ0v) is 13.5. The molecule has 0 atom stereocenters. The molecular formula is C17H26ClN3. The smallest absolute Gasteiger partial charge is 0.0635 e. The van der Waals surface area contributed by atoms with Crippen LogP contribution in [0.2, 0.25) is 5.02 Å². The predicted molar refractivity (Wildman–Crippen MR) is 89.6 cm³/mol. The molecule has 1 aromatic carbocycles. The minimum Gasteiger partial charge on any atom is -0.398 e. The van der Waals surface area contributed by atoms with E-state index in [0.717, 1.165) is 12.6 Å². The van der Waals surface area contributed by atoms with Crippen molar-refractivity contribution in [2.45, 2.75) is 44.7 Å². The molecule has 2 aliphatic heterocycles. The van der Waals surface area contributed by atoms with Crippen LogP contribution >= 0.6 is 11.6 Å². The fourth-order valence-corrected chi connectivity index (χ4v) is 3.79. The normalized spacial score (nSPS) is 22.5. The van der Waals surface area contributed by atoms with Crippen LogP contribution in [0.4, 0.5) is 5.69 Å². The molecule has 2 aliphatic rings. The van der Waals surface area contributed by atoms with Crippen molar-refractivity contribution in [3.8, 4) is 0 Å². The molecule has 1 aromatic rings. The highest BCUT2D eigenvalue weighted by molar-refractivity contribution is 6.33. The van der Waals surface area contributed by atoms with Gasteiger partial charge in [-0.1, -0.05) is 24.1 Å². The number of piperidine rings is 2. The fraction of sp³-hybridized carbons (Fsp3) is 0.647. The summed E-state index contributed by atoms with van der Waals surface area (Å²) in [7, 11) is 0. The molecule has 3 rings (SSSR count). The quantitative estimate of drug-likeness (QED) is 0.869. The van der Waals surface area contributed by atoms with E-state index in [2.05, 4.69) is 15.9 Å². The van der Waals surface area contributed by atoms with Crippen LogP contribution in [-0.2, 0) is 6.54 Å². The second kappa shape index (κ2) is 6.99. The number of likely N-dealkylation sites (tertiary alicyclic amines) is 2. The first-order chi connectivity index (χ1) is 10.2. The number of nitrogens with two attached hydrogens (primary N) is 1. The minimum atomic E-state index is 0.655. The Kier molecular flexibility index (Phi) is 5.04. The Bertz CT molecular complexity index is 463. The van der Waals surface area contributed by atoms with Crippen LogP contribution in [0.5, 0.6) is 0 Å². The maximum absolute atomic E-state index is 5.98. The summed E-state index contributed by atoms with van der Waals surface area (Å²) in [6.45, 7) is 6.03. The van der Waals surface area contributed by atoms with Crippen molar-refractivity contribution in [2.75, 3.05) is 31.9 Å². The SMILES string of the molecule is Nc1cc(CN2CCC(N3CCCCC3)CC2)ccc1Cl. The van der Waals surface area contributed by atoms with Gasteiger partial charge in [-0.3, -0.25) is 4.90 Å². The maximum Gasteiger partial charge on any atom is 0.0635 e. The van der Waals surface area contributed by atoms with Crippen LogP contribution in [0, 0.1) is 0 Å². The van der Waals surface area contributed by atoms with E-state index in [1.165, 1.54) is 63.8 Å². The molecule has 21 heavy (non-hydrogen) atoms. The van der Waals surface area contributed by atoms with Crippen LogP contribution in [-0.4, -0.2) is 42.0 Å². The number of benzene rings is 1. The van der Waals surface area contributed by atoms with Gasteiger partial charge in [-0.2, -0.15) is 0 Å². The topological polar surface area (TPSA) is 32.5 Å². The van der Waals surface area contributed by atoms with Crippen molar-refractivity contribution < 1.29 is 0 Å². The summed E-state index contributed by atoms with van der Waals surface area (Å²) in [6, 6.07) is 6.83. The van der Waals surface area contributed by atoms with E-state index in [4.69, 9.17) is 17.3 Å². The summed E-state index contributed by atoms with van der Waals surface area (Å²) in [5, 5.41) is 0.655. The Morgan fingerprint density at radius 3 is 2.43 bits per heavy atom. The van der Waals surface area contributed by atoms with Crippen LogP contribution in [0.15, 0.2) is 18.2 Å². The minimum absolute atomic E-state index is 0.655. The highest BCUT2D eigenvalue weighted by atomic mass is 35.5. The molecule has 2 heterocycles. The van der Waals surface area contributed by atoms with Crippen molar-refractivity contribution in [3.05, 3.63) is 28.8 Å². The summed E-state index contributed by atoms with van der Waals surface area (Å²) in [4.78, 5) is 5.27. The van der Waals surface area contributed by atoms with E-state index in [-0.39, 0.29) is 0 Å². The number of hydrogen-bond acceptors (Lipinski definition) is 3. The summed E-state index contributed by atoms with van der Waals surface area (Å²) in [5.41, 5.74) is 7.85. The fourth-order valence-electron chi connectivity index (χ4n) is 3.68. The zero-order chi connectivity index (χ0) is 14.7. The lowest BCUT2D eigenvalue weighted by molar-refractivity contribution is 0.0896. The van der Waals surface area contributed by atoms with Crippen LogP contribution in [0.1, 0.15) is 37.7 Å². The van der Waals surface area contributed by atoms with E-state index >= 15 is 0 Å². The highest BCUT2D eigenvalue weighted by Gasteiger charge is 2.25. The molecule has 116 valence electrons. The van der Waals surface area contributed by atoms with Gasteiger partial charge in [-0.05, 0) is 69.6 Å². The Balaban J connectivity index is 1.50. The molecule has 0 spiro atoms. The Hall–Kier alpha value is -0.770. The lowest BCUT2D eigenvalue weighted by atomic mass is 9.99. The van der Waals surface area contributed by atoms with Crippen molar-refractivity contribution in [3.63, 3.8) is 0 Å². The average molecular weight is 308 g/mol. The Morgan fingerprint density at radius 1 is 1.05 bits per heavy atom. The van der Waals surface area contributed by atoms with Crippen LogP contribution in [0.3, 0.4) is 0 Å². The lowest BCUT2D eigenvalue weighted by Gasteiger charge is -2.40. The molecule has 2 saturated heterocycles. The van der Waals surface area contributed by atoms with Crippen LogP contribution < -0.4 is 5.73 Å². The monoisotopic (exact) mass is 307 g/mol. The third-order valence-electron chi connectivity index (χ3n) is 4.93. The van der Waals surface area contributed by atoms with E-state index in [1.807, 2.05) is 12.1 Å². The van der Waals surface area contributed by atoms with Gasteiger partial charge in [0.25, 0.3) is 0 Å². The first-order valence-electron chi connectivity index (χ1n) is 8.23. The van der Waals surface area contributed by atoms with Crippen LogP contribution in [0.25, 0.3) is 0 Å². The zero-order valence-electron chi connectivity index (χ0n) is 12.7. The number of halogens is 1. The van der Waals surface area contributed by atoms with E-state index < -0.39 is 0 Å². The van der Waals surface area contributed by atoms with Gasteiger partial charge in [0.05, 0.1) is 10.7 Å². The number of anilines is 1. The van der Waals surface area contributed by atoms with Gasteiger partial charge in [0.15, 0.2) is 0 Å². The van der Waals surface area contributed by atoms with Gasteiger partial charge in [-0.25, -0.2) is 0 Å². The molecular weight excluding hydrogens is 282 g/mol. The standard InChI is InChI=1S/C17H26ClN3/c18-16-5-4-14(12-17(16)19)13-20-10-6-15(7-11-20)21-8-2-1-3-9-21/h4-5,12,15H,1-3,6-11,13,19H2. The van der Waals surface area contributed by atoms with Gasteiger partial charge < -0.3 is 10.6 Å². The van der Waals surface area contributed by atoms with E-state index in [9.17, 15) is 0 Å². The highest BCUT2D eigenvalue weighted by Crippen LogP contribution is 2.24. The summed E-state index contributed by atoms with van der Waals surface area (Å²) >= 11 is 5.98.